The highest BCUT2D eigenvalue weighted by atomic mass is 16.2. The smallest absolute Gasteiger partial charge is 0.329 e. The summed E-state index contributed by atoms with van der Waals surface area (Å²) in [5, 5.41) is 5.83. The molecule has 2 N–H and O–H groups in total. The van der Waals surface area contributed by atoms with Crippen molar-refractivity contribution in [2.45, 2.75) is 39.3 Å². The number of nitrogens with zero attached hydrogens (tertiary/aromatic N) is 4. The van der Waals surface area contributed by atoms with Crippen LogP contribution in [0.25, 0.3) is 0 Å². The molecule has 1 fully saturated rings. The van der Waals surface area contributed by atoms with Crippen LogP contribution in [0.5, 0.6) is 0 Å². The Bertz CT molecular complexity index is 917. The van der Waals surface area contributed by atoms with E-state index in [-0.39, 0.29) is 24.0 Å². The normalized spacial score (nSPS) is 18.4. The van der Waals surface area contributed by atoms with Crippen molar-refractivity contribution in [2.75, 3.05) is 28.2 Å². The molecule has 3 amide bonds. The molecule has 8 heteroatoms. The molecule has 8 nitrogen and oxygen atoms in total. The first-order chi connectivity index (χ1) is 13.9. The van der Waals surface area contributed by atoms with Gasteiger partial charge in [-0.1, -0.05) is 19.9 Å². The minimum absolute atomic E-state index is 0.0200. The summed E-state index contributed by atoms with van der Waals surface area (Å²) in [7, 11) is 0. The van der Waals surface area contributed by atoms with E-state index >= 15 is 0 Å². The van der Waals surface area contributed by atoms with Gasteiger partial charge in [0.25, 0.3) is 5.91 Å². The maximum absolute atomic E-state index is 13.1. The number of carbonyl (C=O) groups is 2. The summed E-state index contributed by atoms with van der Waals surface area (Å²) in [5.41, 5.74) is 1.19. The third kappa shape index (κ3) is 3.74. The van der Waals surface area contributed by atoms with E-state index in [0.717, 1.165) is 25.2 Å². The second-order valence-corrected chi connectivity index (χ2v) is 7.95. The lowest BCUT2D eigenvalue weighted by Crippen LogP contribution is -2.48. The van der Waals surface area contributed by atoms with Gasteiger partial charge in [0.2, 0.25) is 0 Å². The second-order valence-electron chi connectivity index (χ2n) is 7.95. The SMILES string of the molecule is CC(C)[C@H](C)NC(=O)c1ccc2c(n1)N(C(=O)Nc1ccccn1)[C@H]1CCN2C1. The molecule has 0 radical (unpaired) electrons. The Kier molecular flexibility index (Phi) is 5.08. The van der Waals surface area contributed by atoms with Crippen molar-refractivity contribution in [1.29, 1.82) is 0 Å². The number of amides is 3. The summed E-state index contributed by atoms with van der Waals surface area (Å²) >= 11 is 0. The van der Waals surface area contributed by atoms with Crippen LogP contribution in [0.1, 0.15) is 37.7 Å². The summed E-state index contributed by atoms with van der Waals surface area (Å²) in [5.74, 6) is 1.10. The molecule has 2 aromatic rings. The van der Waals surface area contributed by atoms with Crippen LogP contribution in [-0.4, -0.2) is 47.1 Å². The fourth-order valence-corrected chi connectivity index (χ4v) is 3.65. The molecule has 152 valence electrons. The average Bonchev–Trinajstić information content (AvgIpc) is 3.12. The summed E-state index contributed by atoms with van der Waals surface area (Å²) < 4.78 is 0. The van der Waals surface area contributed by atoms with Crippen molar-refractivity contribution in [3.8, 4) is 0 Å². The Morgan fingerprint density at radius 3 is 2.72 bits per heavy atom. The number of hydrogen-bond acceptors (Lipinski definition) is 5. The highest BCUT2D eigenvalue weighted by molar-refractivity contribution is 6.05. The van der Waals surface area contributed by atoms with Gasteiger partial charge in [0.1, 0.15) is 11.5 Å². The van der Waals surface area contributed by atoms with Crippen molar-refractivity contribution in [2.24, 2.45) is 5.92 Å². The van der Waals surface area contributed by atoms with Crippen molar-refractivity contribution < 1.29 is 9.59 Å². The highest BCUT2D eigenvalue weighted by Crippen LogP contribution is 2.39. The molecular weight excluding hydrogens is 368 g/mol. The zero-order valence-corrected chi connectivity index (χ0v) is 16.9. The van der Waals surface area contributed by atoms with Gasteiger partial charge in [-0.15, -0.1) is 0 Å². The zero-order chi connectivity index (χ0) is 20.5. The number of aromatic nitrogens is 2. The number of anilines is 3. The Balaban J connectivity index is 1.63. The third-order valence-corrected chi connectivity index (χ3v) is 5.66. The molecule has 0 aromatic carbocycles. The van der Waals surface area contributed by atoms with Crippen LogP contribution >= 0.6 is 0 Å². The zero-order valence-electron chi connectivity index (χ0n) is 16.9. The molecule has 2 aromatic heterocycles. The minimum Gasteiger partial charge on any atom is -0.366 e. The van der Waals surface area contributed by atoms with Crippen molar-refractivity contribution in [3.05, 3.63) is 42.2 Å². The number of fused-ring (bicyclic) bond motifs is 4. The number of carbonyl (C=O) groups excluding carboxylic acids is 2. The molecule has 2 aliphatic heterocycles. The standard InChI is InChI=1S/C21H26N6O2/c1-13(2)14(3)23-20(28)16-7-8-17-19(24-16)27(15-9-11-26(17)12-15)21(29)25-18-6-4-5-10-22-18/h4-8,10,13-15H,9,11-12H2,1-3H3,(H,23,28)(H,22,25,29)/t14-,15-/m0/s1. The number of pyridine rings is 2. The van der Waals surface area contributed by atoms with E-state index in [4.69, 9.17) is 0 Å². The Labute approximate surface area is 170 Å². The van der Waals surface area contributed by atoms with Gasteiger partial charge in [-0.25, -0.2) is 14.8 Å². The molecule has 4 heterocycles. The van der Waals surface area contributed by atoms with Crippen LogP contribution in [0.15, 0.2) is 36.5 Å². The van der Waals surface area contributed by atoms with Crippen LogP contribution in [0.2, 0.25) is 0 Å². The molecule has 0 unspecified atom stereocenters. The van der Waals surface area contributed by atoms with Gasteiger partial charge in [-0.3, -0.25) is 15.0 Å². The lowest BCUT2D eigenvalue weighted by atomic mass is 10.1. The molecule has 2 bridgehead atoms. The summed E-state index contributed by atoms with van der Waals surface area (Å²) in [6, 6.07) is 8.75. The lowest BCUT2D eigenvalue weighted by molar-refractivity contribution is 0.0925. The Morgan fingerprint density at radius 1 is 1.17 bits per heavy atom. The van der Waals surface area contributed by atoms with Crippen molar-refractivity contribution >= 4 is 29.3 Å². The van der Waals surface area contributed by atoms with E-state index in [2.05, 4.69) is 39.3 Å². The first-order valence-corrected chi connectivity index (χ1v) is 10.0. The first kappa shape index (κ1) is 19.2. The van der Waals surface area contributed by atoms with Crippen molar-refractivity contribution in [3.63, 3.8) is 0 Å². The minimum atomic E-state index is -0.280. The number of rotatable bonds is 4. The molecule has 1 saturated heterocycles. The molecular formula is C21H26N6O2. The molecule has 2 aliphatic rings. The van der Waals surface area contributed by atoms with E-state index in [1.165, 1.54) is 0 Å². The monoisotopic (exact) mass is 394 g/mol. The van der Waals surface area contributed by atoms with E-state index < -0.39 is 0 Å². The number of nitrogens with one attached hydrogen (secondary N) is 2. The summed E-state index contributed by atoms with van der Waals surface area (Å²) in [6.45, 7) is 7.71. The maximum Gasteiger partial charge on any atom is 0.329 e. The van der Waals surface area contributed by atoms with Crippen LogP contribution in [-0.2, 0) is 0 Å². The van der Waals surface area contributed by atoms with Crippen LogP contribution in [0, 0.1) is 5.92 Å². The van der Waals surface area contributed by atoms with Gasteiger partial charge >= 0.3 is 6.03 Å². The highest BCUT2D eigenvalue weighted by Gasteiger charge is 2.40. The van der Waals surface area contributed by atoms with Gasteiger partial charge in [0.15, 0.2) is 5.82 Å². The molecule has 2 atom stereocenters. The third-order valence-electron chi connectivity index (χ3n) is 5.66. The van der Waals surface area contributed by atoms with Crippen molar-refractivity contribution in [1.82, 2.24) is 15.3 Å². The van der Waals surface area contributed by atoms with E-state index in [1.807, 2.05) is 19.1 Å². The number of urea groups is 1. The summed E-state index contributed by atoms with van der Waals surface area (Å²) in [6.07, 6.45) is 2.49. The second kappa shape index (κ2) is 7.69. The van der Waals surface area contributed by atoms with Gasteiger partial charge in [-0.2, -0.15) is 0 Å². The fraction of sp³-hybridized carbons (Fsp3) is 0.429. The van der Waals surface area contributed by atoms with Crippen LogP contribution in [0.3, 0.4) is 0 Å². The fourth-order valence-electron chi connectivity index (χ4n) is 3.65. The Hall–Kier alpha value is -3.16. The summed E-state index contributed by atoms with van der Waals surface area (Å²) in [4.78, 5) is 38.4. The molecule has 4 rings (SSSR count). The first-order valence-electron chi connectivity index (χ1n) is 10.0. The predicted molar refractivity (Wildman–Crippen MR) is 112 cm³/mol. The van der Waals surface area contributed by atoms with Crippen LogP contribution in [0.4, 0.5) is 22.1 Å². The van der Waals surface area contributed by atoms with Crippen LogP contribution < -0.4 is 20.4 Å². The number of hydrogen-bond donors (Lipinski definition) is 2. The topological polar surface area (TPSA) is 90.5 Å². The molecule has 0 aliphatic carbocycles. The quantitative estimate of drug-likeness (QED) is 0.832. The van der Waals surface area contributed by atoms with Gasteiger partial charge in [0, 0.05) is 25.3 Å². The van der Waals surface area contributed by atoms with Gasteiger partial charge in [0.05, 0.1) is 11.7 Å². The van der Waals surface area contributed by atoms with E-state index in [0.29, 0.717) is 23.2 Å². The molecule has 29 heavy (non-hydrogen) atoms. The van der Waals surface area contributed by atoms with Gasteiger partial charge in [-0.05, 0) is 43.5 Å². The lowest BCUT2D eigenvalue weighted by Gasteiger charge is -2.35. The van der Waals surface area contributed by atoms with E-state index in [9.17, 15) is 9.59 Å². The Morgan fingerprint density at radius 2 is 2.00 bits per heavy atom. The molecule has 0 saturated carbocycles. The molecule has 0 spiro atoms. The predicted octanol–water partition coefficient (Wildman–Crippen LogP) is 2.88. The van der Waals surface area contributed by atoms with E-state index in [1.54, 1.807) is 29.3 Å². The maximum atomic E-state index is 13.1. The van der Waals surface area contributed by atoms with Gasteiger partial charge < -0.3 is 10.2 Å². The average molecular weight is 394 g/mol. The largest absolute Gasteiger partial charge is 0.366 e.